The van der Waals surface area contributed by atoms with Gasteiger partial charge in [0.1, 0.15) is 17.3 Å². The number of aliphatic hydroxyl groups is 1. The highest BCUT2D eigenvalue weighted by Gasteiger charge is 2.47. The number of nitrogens with zero attached hydrogens (tertiary/aromatic N) is 2. The Kier molecular flexibility index (Phi) is 6.13. The number of methoxy groups -OCH3 is 2. The van der Waals surface area contributed by atoms with E-state index in [1.54, 1.807) is 74.8 Å². The van der Waals surface area contributed by atoms with Gasteiger partial charge < -0.3 is 19.5 Å². The summed E-state index contributed by atoms with van der Waals surface area (Å²) in [4.78, 5) is 32.1. The third-order valence-electron chi connectivity index (χ3n) is 5.72. The van der Waals surface area contributed by atoms with Gasteiger partial charge in [0.2, 0.25) is 0 Å². The van der Waals surface area contributed by atoms with Gasteiger partial charge >= 0.3 is 0 Å². The molecule has 2 aromatic carbocycles. The number of benzene rings is 2. The van der Waals surface area contributed by atoms with E-state index in [0.717, 1.165) is 0 Å². The number of aliphatic hydroxyl groups excluding tert-OH is 1. The van der Waals surface area contributed by atoms with Gasteiger partial charge in [-0.25, -0.2) is 0 Å². The number of ether oxygens (including phenoxy) is 2. The summed E-state index contributed by atoms with van der Waals surface area (Å²) in [6.07, 6.45) is 1.63. The number of rotatable bonds is 6. The van der Waals surface area contributed by atoms with Crippen LogP contribution in [0.3, 0.4) is 0 Å². The van der Waals surface area contributed by atoms with Gasteiger partial charge in [-0.2, -0.15) is 0 Å². The van der Waals surface area contributed by atoms with E-state index in [-0.39, 0.29) is 17.9 Å². The van der Waals surface area contributed by atoms with Crippen LogP contribution in [-0.4, -0.2) is 40.9 Å². The molecular formula is C26H24N2O5. The fraction of sp³-hybridized carbons (Fsp3) is 0.192. The minimum Gasteiger partial charge on any atom is -0.507 e. The average Bonchev–Trinajstić information content (AvgIpc) is 3.09. The first kappa shape index (κ1) is 22.1. The molecule has 1 N–H and O–H groups in total. The molecule has 2 heterocycles. The van der Waals surface area contributed by atoms with E-state index in [4.69, 9.17) is 9.47 Å². The molecule has 0 radical (unpaired) electrons. The Balaban J connectivity index is 1.91. The smallest absolute Gasteiger partial charge is 0.296 e. The van der Waals surface area contributed by atoms with Crippen molar-refractivity contribution in [3.63, 3.8) is 0 Å². The molecular weight excluding hydrogens is 420 g/mol. The lowest BCUT2D eigenvalue weighted by molar-refractivity contribution is -0.140. The van der Waals surface area contributed by atoms with Crippen molar-refractivity contribution in [1.29, 1.82) is 0 Å². The lowest BCUT2D eigenvalue weighted by Gasteiger charge is -2.26. The molecule has 7 heteroatoms. The number of likely N-dealkylation sites (tertiary alicyclic amines) is 1. The van der Waals surface area contributed by atoms with Crippen LogP contribution in [0.25, 0.3) is 5.76 Å². The van der Waals surface area contributed by atoms with Gasteiger partial charge in [-0.05, 0) is 48.9 Å². The molecule has 1 atom stereocenters. The summed E-state index contributed by atoms with van der Waals surface area (Å²) >= 11 is 0. The number of pyridine rings is 1. The van der Waals surface area contributed by atoms with Crippen molar-refractivity contribution in [3.05, 3.63) is 94.8 Å². The summed E-state index contributed by atoms with van der Waals surface area (Å²) in [6.45, 7) is 1.91. The van der Waals surface area contributed by atoms with Gasteiger partial charge in [0.05, 0.1) is 38.1 Å². The van der Waals surface area contributed by atoms with Crippen LogP contribution in [0, 0.1) is 6.92 Å². The molecule has 1 aliphatic heterocycles. The topological polar surface area (TPSA) is 89.0 Å². The molecule has 0 saturated carbocycles. The molecule has 1 unspecified atom stereocenters. The minimum absolute atomic E-state index is 0.00805. The second-order valence-electron chi connectivity index (χ2n) is 7.67. The largest absolute Gasteiger partial charge is 0.507 e. The number of para-hydroxylation sites is 1. The third-order valence-corrected chi connectivity index (χ3v) is 5.72. The molecule has 1 aliphatic rings. The van der Waals surface area contributed by atoms with Gasteiger partial charge in [0, 0.05) is 17.3 Å². The number of hydrogen-bond acceptors (Lipinski definition) is 6. The van der Waals surface area contributed by atoms with Gasteiger partial charge in [-0.3, -0.25) is 14.6 Å². The molecule has 0 bridgehead atoms. The monoisotopic (exact) mass is 444 g/mol. The van der Waals surface area contributed by atoms with Crippen molar-refractivity contribution in [2.45, 2.75) is 19.5 Å². The van der Waals surface area contributed by atoms with Crippen LogP contribution < -0.4 is 9.47 Å². The Morgan fingerprint density at radius 2 is 1.79 bits per heavy atom. The summed E-state index contributed by atoms with van der Waals surface area (Å²) in [5.41, 5.74) is 2.39. The zero-order valence-corrected chi connectivity index (χ0v) is 18.6. The quantitative estimate of drug-likeness (QED) is 0.351. The second kappa shape index (κ2) is 9.16. The number of aryl methyl sites for hydroxylation is 1. The zero-order chi connectivity index (χ0) is 23.5. The fourth-order valence-corrected chi connectivity index (χ4v) is 4.10. The maximum absolute atomic E-state index is 13.2. The average molecular weight is 444 g/mol. The molecule has 0 spiro atoms. The van der Waals surface area contributed by atoms with Gasteiger partial charge in [-0.15, -0.1) is 0 Å². The van der Waals surface area contributed by atoms with E-state index in [1.165, 1.54) is 12.0 Å². The Labute approximate surface area is 191 Å². The van der Waals surface area contributed by atoms with Gasteiger partial charge in [-0.1, -0.05) is 24.3 Å². The number of ketones is 1. The van der Waals surface area contributed by atoms with Crippen molar-refractivity contribution in [2.75, 3.05) is 14.2 Å². The lowest BCUT2D eigenvalue weighted by atomic mass is 9.93. The first-order valence-corrected chi connectivity index (χ1v) is 10.4. The Morgan fingerprint density at radius 3 is 2.45 bits per heavy atom. The molecule has 1 aromatic heterocycles. The number of hydrogen-bond donors (Lipinski definition) is 1. The highest BCUT2D eigenvalue weighted by molar-refractivity contribution is 6.46. The highest BCUT2D eigenvalue weighted by atomic mass is 16.5. The molecule has 33 heavy (non-hydrogen) atoms. The van der Waals surface area contributed by atoms with Crippen molar-refractivity contribution < 1.29 is 24.2 Å². The van der Waals surface area contributed by atoms with Crippen molar-refractivity contribution in [2.24, 2.45) is 0 Å². The first-order valence-electron chi connectivity index (χ1n) is 10.4. The Bertz CT molecular complexity index is 1240. The van der Waals surface area contributed by atoms with Crippen LogP contribution in [0.1, 0.15) is 28.4 Å². The maximum Gasteiger partial charge on any atom is 0.296 e. The molecule has 7 nitrogen and oxygen atoms in total. The normalized spacial score (nSPS) is 17.3. The molecule has 1 amide bonds. The zero-order valence-electron chi connectivity index (χ0n) is 18.6. The van der Waals surface area contributed by atoms with E-state index < -0.39 is 17.7 Å². The van der Waals surface area contributed by atoms with Crippen LogP contribution >= 0.6 is 0 Å². The molecule has 4 rings (SSSR count). The van der Waals surface area contributed by atoms with Crippen molar-refractivity contribution >= 4 is 17.4 Å². The van der Waals surface area contributed by atoms with E-state index in [0.29, 0.717) is 33.9 Å². The van der Waals surface area contributed by atoms with Crippen LogP contribution in [0.4, 0.5) is 0 Å². The number of carbonyl (C=O) groups excluding carboxylic acids is 2. The Hall–Kier alpha value is -4.13. The molecule has 168 valence electrons. The predicted octanol–water partition coefficient (Wildman–Crippen LogP) is 4.03. The number of Topliss-reactive ketones (excluding diaryl/α,β-unsaturated/α-hetero) is 1. The molecule has 0 aliphatic carbocycles. The Morgan fingerprint density at radius 1 is 1.03 bits per heavy atom. The van der Waals surface area contributed by atoms with Crippen LogP contribution in [0.15, 0.2) is 72.4 Å². The van der Waals surface area contributed by atoms with Gasteiger partial charge in [0.25, 0.3) is 11.7 Å². The van der Waals surface area contributed by atoms with E-state index >= 15 is 0 Å². The summed E-state index contributed by atoms with van der Waals surface area (Å²) in [5.74, 6) is -0.569. The molecule has 1 fully saturated rings. The summed E-state index contributed by atoms with van der Waals surface area (Å²) < 4.78 is 10.8. The van der Waals surface area contributed by atoms with E-state index in [2.05, 4.69) is 4.98 Å². The van der Waals surface area contributed by atoms with Crippen molar-refractivity contribution in [3.8, 4) is 11.5 Å². The standard InChI is InChI=1S/C26H24N2O5/c1-16-14-18(32-2)11-12-19(16)24(29)22-23(20-9-4-5-10-21(20)33-3)28(26(31)25(22)30)15-17-8-6-7-13-27-17/h4-14,23,29H,15H2,1-3H3/b24-22+. The molecule has 1 saturated heterocycles. The van der Waals surface area contributed by atoms with Crippen molar-refractivity contribution in [1.82, 2.24) is 9.88 Å². The SMILES string of the molecule is COc1ccc(/C(O)=C2\C(=O)C(=O)N(Cc3ccccn3)C2c2ccccc2OC)c(C)c1. The summed E-state index contributed by atoms with van der Waals surface area (Å²) in [5, 5.41) is 11.3. The third kappa shape index (κ3) is 4.05. The van der Waals surface area contributed by atoms with Crippen LogP contribution in [-0.2, 0) is 16.1 Å². The minimum atomic E-state index is -0.843. The van der Waals surface area contributed by atoms with Crippen LogP contribution in [0.5, 0.6) is 11.5 Å². The fourth-order valence-electron chi connectivity index (χ4n) is 4.10. The first-order chi connectivity index (χ1) is 16.0. The lowest BCUT2D eigenvalue weighted by Crippen LogP contribution is -2.29. The summed E-state index contributed by atoms with van der Waals surface area (Å²) in [6, 6.07) is 16.8. The van der Waals surface area contributed by atoms with E-state index in [9.17, 15) is 14.7 Å². The van der Waals surface area contributed by atoms with Crippen LogP contribution in [0.2, 0.25) is 0 Å². The maximum atomic E-state index is 13.2. The van der Waals surface area contributed by atoms with Gasteiger partial charge in [0.15, 0.2) is 0 Å². The number of amides is 1. The predicted molar refractivity (Wildman–Crippen MR) is 123 cm³/mol. The second-order valence-corrected chi connectivity index (χ2v) is 7.67. The summed E-state index contributed by atoms with van der Waals surface area (Å²) in [7, 11) is 3.08. The molecule has 3 aromatic rings. The number of aromatic nitrogens is 1. The highest BCUT2D eigenvalue weighted by Crippen LogP contribution is 2.43. The number of carbonyl (C=O) groups is 2. The van der Waals surface area contributed by atoms with E-state index in [1.807, 2.05) is 6.07 Å².